The van der Waals surface area contributed by atoms with Crippen molar-refractivity contribution in [1.29, 1.82) is 0 Å². The van der Waals surface area contributed by atoms with Crippen LogP contribution in [0.1, 0.15) is 62.1 Å². The van der Waals surface area contributed by atoms with E-state index in [1.165, 1.54) is 69.4 Å². The van der Waals surface area contributed by atoms with Gasteiger partial charge in [0.1, 0.15) is 32.2 Å². The summed E-state index contributed by atoms with van der Waals surface area (Å²) >= 11 is 0. The fraction of sp³-hybridized carbons (Fsp3) is 0.520. The monoisotopic (exact) mass is 364 g/mol. The van der Waals surface area contributed by atoms with Crippen molar-refractivity contribution >= 4 is 0 Å². The first kappa shape index (κ1) is 18.7. The maximum atomic E-state index is 2.43. The lowest BCUT2D eigenvalue weighted by Crippen LogP contribution is -3.29. The van der Waals surface area contributed by atoms with E-state index in [-0.39, 0.29) is 0 Å². The second-order valence-corrected chi connectivity index (χ2v) is 8.74. The second-order valence-electron chi connectivity index (χ2n) is 8.74. The largest absolute Gasteiger partial charge is 0.323 e. The van der Waals surface area contributed by atoms with Crippen LogP contribution in [0, 0.1) is 0 Å². The van der Waals surface area contributed by atoms with E-state index in [0.717, 1.165) is 6.04 Å². The van der Waals surface area contributed by atoms with Crippen LogP contribution in [0.5, 0.6) is 0 Å². The van der Waals surface area contributed by atoms with Crippen LogP contribution in [-0.4, -0.2) is 32.2 Å². The SMILES string of the molecule is C[C@H](c1ccccc1)[C@H](c1ccccc1)[NH+]1CC[NH+](C2CCCCC2)CC1. The zero-order valence-corrected chi connectivity index (χ0v) is 16.9. The molecule has 144 valence electrons. The van der Waals surface area contributed by atoms with E-state index in [4.69, 9.17) is 0 Å². The van der Waals surface area contributed by atoms with E-state index in [1.807, 2.05) is 4.90 Å². The zero-order chi connectivity index (χ0) is 18.5. The highest BCUT2D eigenvalue weighted by atomic mass is 15.3. The second kappa shape index (κ2) is 9.03. The average Bonchev–Trinajstić information content (AvgIpc) is 2.76. The van der Waals surface area contributed by atoms with Gasteiger partial charge in [-0.05, 0) is 31.2 Å². The molecule has 27 heavy (non-hydrogen) atoms. The number of benzene rings is 2. The maximum Gasteiger partial charge on any atom is 0.128 e. The molecule has 1 heterocycles. The fourth-order valence-electron chi connectivity index (χ4n) is 5.61. The summed E-state index contributed by atoms with van der Waals surface area (Å²) in [5.74, 6) is 0.542. The van der Waals surface area contributed by atoms with Gasteiger partial charge in [0.2, 0.25) is 0 Å². The fourth-order valence-corrected chi connectivity index (χ4v) is 5.61. The Labute approximate surface area is 165 Å². The first-order valence-corrected chi connectivity index (χ1v) is 11.1. The van der Waals surface area contributed by atoms with Crippen molar-refractivity contribution in [1.82, 2.24) is 0 Å². The molecular weight excluding hydrogens is 328 g/mol. The molecule has 2 nitrogen and oxygen atoms in total. The van der Waals surface area contributed by atoms with Gasteiger partial charge >= 0.3 is 0 Å². The zero-order valence-electron chi connectivity index (χ0n) is 16.9. The topological polar surface area (TPSA) is 8.88 Å². The van der Waals surface area contributed by atoms with Crippen molar-refractivity contribution in [2.45, 2.75) is 57.0 Å². The van der Waals surface area contributed by atoms with Gasteiger partial charge in [0, 0.05) is 11.5 Å². The molecule has 2 aliphatic rings. The molecule has 4 rings (SSSR count). The number of quaternary nitrogens is 2. The Bertz CT molecular complexity index is 670. The number of rotatable bonds is 5. The third-order valence-electron chi connectivity index (χ3n) is 7.14. The first-order valence-electron chi connectivity index (χ1n) is 11.1. The number of piperazine rings is 1. The average molecular weight is 365 g/mol. The van der Waals surface area contributed by atoms with E-state index < -0.39 is 0 Å². The highest BCUT2D eigenvalue weighted by Crippen LogP contribution is 2.28. The molecular formula is C25H36N2+2. The number of hydrogen-bond donors (Lipinski definition) is 2. The van der Waals surface area contributed by atoms with Crippen LogP contribution in [0.2, 0.25) is 0 Å². The number of nitrogens with one attached hydrogen (secondary N) is 2. The normalized spacial score (nSPS) is 26.4. The summed E-state index contributed by atoms with van der Waals surface area (Å²) in [6.07, 6.45) is 7.32. The Morgan fingerprint density at radius 2 is 1.26 bits per heavy atom. The lowest BCUT2D eigenvalue weighted by molar-refractivity contribution is -1.04. The molecule has 1 saturated heterocycles. The standard InChI is InChI=1S/C25H34N2/c1-21(22-11-5-2-6-12-22)25(23-13-7-3-8-14-23)27-19-17-26(18-20-27)24-15-9-4-10-16-24/h2-3,5-8,11-14,21,24-25H,4,9-10,15-20H2,1H3/p+2/t21-,25-/m1/s1. The molecule has 0 unspecified atom stereocenters. The summed E-state index contributed by atoms with van der Waals surface area (Å²) in [6.45, 7) is 7.75. The molecule has 1 aliphatic heterocycles. The van der Waals surface area contributed by atoms with Crippen LogP contribution in [0.15, 0.2) is 60.7 Å². The van der Waals surface area contributed by atoms with Gasteiger partial charge in [0.15, 0.2) is 0 Å². The van der Waals surface area contributed by atoms with Gasteiger partial charge < -0.3 is 9.80 Å². The molecule has 2 aromatic rings. The van der Waals surface area contributed by atoms with Crippen LogP contribution < -0.4 is 9.80 Å². The minimum atomic E-state index is 0.542. The lowest BCUT2D eigenvalue weighted by Gasteiger charge is -2.40. The van der Waals surface area contributed by atoms with E-state index in [2.05, 4.69) is 67.6 Å². The van der Waals surface area contributed by atoms with E-state index >= 15 is 0 Å². The molecule has 1 aliphatic carbocycles. The smallest absolute Gasteiger partial charge is 0.128 e. The van der Waals surface area contributed by atoms with Crippen LogP contribution in [0.4, 0.5) is 0 Å². The molecule has 2 N–H and O–H groups in total. The summed E-state index contributed by atoms with van der Waals surface area (Å²) in [4.78, 5) is 3.69. The Morgan fingerprint density at radius 3 is 1.85 bits per heavy atom. The van der Waals surface area contributed by atoms with Gasteiger partial charge in [-0.2, -0.15) is 0 Å². The molecule has 0 amide bonds. The van der Waals surface area contributed by atoms with E-state index in [9.17, 15) is 0 Å². The molecule has 0 aromatic heterocycles. The molecule has 2 atom stereocenters. The lowest BCUT2D eigenvalue weighted by atomic mass is 9.86. The Hall–Kier alpha value is -1.64. The van der Waals surface area contributed by atoms with Gasteiger partial charge in [-0.25, -0.2) is 0 Å². The summed E-state index contributed by atoms with van der Waals surface area (Å²) in [5.41, 5.74) is 2.98. The maximum absolute atomic E-state index is 2.43. The van der Waals surface area contributed by atoms with Gasteiger partial charge in [-0.15, -0.1) is 0 Å². The summed E-state index contributed by atoms with van der Waals surface area (Å²) in [6, 6.07) is 23.9. The van der Waals surface area contributed by atoms with Crippen molar-refractivity contribution in [2.75, 3.05) is 26.2 Å². The van der Waals surface area contributed by atoms with Crippen LogP contribution >= 0.6 is 0 Å². The minimum absolute atomic E-state index is 0.542. The Morgan fingerprint density at radius 1 is 0.704 bits per heavy atom. The van der Waals surface area contributed by atoms with Crippen LogP contribution in [0.3, 0.4) is 0 Å². The van der Waals surface area contributed by atoms with Gasteiger partial charge in [-0.3, -0.25) is 0 Å². The van der Waals surface area contributed by atoms with Gasteiger partial charge in [-0.1, -0.05) is 74.0 Å². The van der Waals surface area contributed by atoms with Gasteiger partial charge in [0.05, 0.1) is 6.04 Å². The van der Waals surface area contributed by atoms with Crippen molar-refractivity contribution in [2.24, 2.45) is 0 Å². The quantitative estimate of drug-likeness (QED) is 0.807. The van der Waals surface area contributed by atoms with Crippen LogP contribution in [0.25, 0.3) is 0 Å². The third kappa shape index (κ3) is 4.44. The van der Waals surface area contributed by atoms with Crippen LogP contribution in [-0.2, 0) is 0 Å². The van der Waals surface area contributed by atoms with Crippen molar-refractivity contribution < 1.29 is 9.80 Å². The molecule has 0 radical (unpaired) electrons. The summed E-state index contributed by atoms with van der Waals surface area (Å²) in [5, 5.41) is 0. The van der Waals surface area contributed by atoms with Gasteiger partial charge in [0.25, 0.3) is 0 Å². The van der Waals surface area contributed by atoms with E-state index in [1.54, 1.807) is 4.90 Å². The number of hydrogen-bond acceptors (Lipinski definition) is 0. The third-order valence-corrected chi connectivity index (χ3v) is 7.14. The van der Waals surface area contributed by atoms with E-state index in [0.29, 0.717) is 12.0 Å². The molecule has 0 bridgehead atoms. The summed E-state index contributed by atoms with van der Waals surface area (Å²) in [7, 11) is 0. The van der Waals surface area contributed by atoms with Crippen molar-refractivity contribution in [3.8, 4) is 0 Å². The Kier molecular flexibility index (Phi) is 6.26. The molecule has 0 spiro atoms. The Balaban J connectivity index is 1.50. The van der Waals surface area contributed by atoms with Crippen molar-refractivity contribution in [3.63, 3.8) is 0 Å². The molecule has 1 saturated carbocycles. The highest BCUT2D eigenvalue weighted by Gasteiger charge is 2.37. The van der Waals surface area contributed by atoms with Crippen molar-refractivity contribution in [3.05, 3.63) is 71.8 Å². The minimum Gasteiger partial charge on any atom is -0.323 e. The molecule has 2 fully saturated rings. The summed E-state index contributed by atoms with van der Waals surface area (Å²) < 4.78 is 0. The predicted octanol–water partition coefficient (Wildman–Crippen LogP) is 2.65. The molecule has 2 aromatic carbocycles. The predicted molar refractivity (Wildman–Crippen MR) is 112 cm³/mol. The molecule has 2 heteroatoms. The highest BCUT2D eigenvalue weighted by molar-refractivity contribution is 5.26. The first-order chi connectivity index (χ1) is 13.3.